The first-order valence-corrected chi connectivity index (χ1v) is 7.90. The quantitative estimate of drug-likeness (QED) is 0.703. The van der Waals surface area contributed by atoms with Crippen LogP contribution in [0.2, 0.25) is 0 Å². The molecule has 17 heavy (non-hydrogen) atoms. The van der Waals surface area contributed by atoms with Gasteiger partial charge in [0.25, 0.3) is 0 Å². The van der Waals surface area contributed by atoms with E-state index < -0.39 is 0 Å². The summed E-state index contributed by atoms with van der Waals surface area (Å²) in [6.07, 6.45) is 6.18. The molecule has 2 heteroatoms. The van der Waals surface area contributed by atoms with Gasteiger partial charge in [0.1, 0.15) is 0 Å². The van der Waals surface area contributed by atoms with E-state index in [1.165, 1.54) is 41.7 Å². The summed E-state index contributed by atoms with van der Waals surface area (Å²) in [5.41, 5.74) is 4.26. The van der Waals surface area contributed by atoms with Gasteiger partial charge < -0.3 is 5.32 Å². The first-order valence-electron chi connectivity index (χ1n) is 6.50. The molecule has 0 radical (unpaired) electrons. The molecule has 0 aliphatic rings. The molecular weight excluding hydrogens is 226 g/mol. The number of benzene rings is 1. The first kappa shape index (κ1) is 14.6. The molecule has 0 aliphatic carbocycles. The van der Waals surface area contributed by atoms with Gasteiger partial charge in [-0.2, -0.15) is 11.8 Å². The van der Waals surface area contributed by atoms with Gasteiger partial charge in [-0.1, -0.05) is 24.6 Å². The zero-order chi connectivity index (χ0) is 12.5. The molecule has 1 rings (SSSR count). The molecule has 0 unspecified atom stereocenters. The SMILES string of the molecule is CSCCCCCNCc1cccc(C)c1C. The van der Waals surface area contributed by atoms with Crippen molar-refractivity contribution in [3.63, 3.8) is 0 Å². The Hall–Kier alpha value is -0.470. The number of hydrogen-bond donors (Lipinski definition) is 1. The Bertz CT molecular complexity index is 323. The molecule has 0 aliphatic heterocycles. The van der Waals surface area contributed by atoms with E-state index in [0.717, 1.165) is 13.1 Å². The Morgan fingerprint density at radius 3 is 2.71 bits per heavy atom. The molecule has 0 amide bonds. The number of thioether (sulfide) groups is 1. The van der Waals surface area contributed by atoms with Crippen LogP contribution in [0.1, 0.15) is 36.0 Å². The minimum atomic E-state index is 1.01. The highest BCUT2D eigenvalue weighted by Gasteiger charge is 1.99. The predicted molar refractivity (Wildman–Crippen MR) is 79.9 cm³/mol. The molecule has 1 aromatic rings. The van der Waals surface area contributed by atoms with E-state index in [4.69, 9.17) is 0 Å². The van der Waals surface area contributed by atoms with E-state index in [0.29, 0.717) is 0 Å². The van der Waals surface area contributed by atoms with Gasteiger partial charge in [0.15, 0.2) is 0 Å². The van der Waals surface area contributed by atoms with Crippen LogP contribution in [0.15, 0.2) is 18.2 Å². The third-order valence-electron chi connectivity index (χ3n) is 3.23. The van der Waals surface area contributed by atoms with E-state index in [1.54, 1.807) is 0 Å². The average Bonchev–Trinajstić information content (AvgIpc) is 2.33. The van der Waals surface area contributed by atoms with Crippen molar-refractivity contribution in [3.8, 4) is 0 Å². The summed E-state index contributed by atoms with van der Waals surface area (Å²) in [7, 11) is 0. The standard InChI is InChI=1S/C15H25NS/c1-13-8-7-9-15(14(13)2)12-16-10-5-4-6-11-17-3/h7-9,16H,4-6,10-12H2,1-3H3. The zero-order valence-electron chi connectivity index (χ0n) is 11.4. The molecule has 0 saturated carbocycles. The van der Waals surface area contributed by atoms with E-state index in [2.05, 4.69) is 43.6 Å². The van der Waals surface area contributed by atoms with Crippen molar-refractivity contribution in [2.24, 2.45) is 0 Å². The van der Waals surface area contributed by atoms with Crippen LogP contribution in [0.5, 0.6) is 0 Å². The van der Waals surface area contributed by atoms with Gasteiger partial charge in [0.05, 0.1) is 0 Å². The van der Waals surface area contributed by atoms with Crippen molar-refractivity contribution in [2.75, 3.05) is 18.6 Å². The molecule has 0 saturated heterocycles. The average molecular weight is 251 g/mol. The summed E-state index contributed by atoms with van der Waals surface area (Å²) in [6, 6.07) is 6.56. The lowest BCUT2D eigenvalue weighted by Crippen LogP contribution is -2.15. The Morgan fingerprint density at radius 1 is 1.12 bits per heavy atom. The molecule has 0 spiro atoms. The van der Waals surface area contributed by atoms with Gasteiger partial charge in [-0.3, -0.25) is 0 Å². The summed E-state index contributed by atoms with van der Waals surface area (Å²) < 4.78 is 0. The highest BCUT2D eigenvalue weighted by molar-refractivity contribution is 7.98. The van der Waals surface area contributed by atoms with Crippen LogP contribution < -0.4 is 5.32 Å². The lowest BCUT2D eigenvalue weighted by molar-refractivity contribution is 0.617. The van der Waals surface area contributed by atoms with Crippen molar-refractivity contribution < 1.29 is 0 Å². The van der Waals surface area contributed by atoms with Gasteiger partial charge >= 0.3 is 0 Å². The monoisotopic (exact) mass is 251 g/mol. The molecule has 0 aromatic heterocycles. The summed E-state index contributed by atoms with van der Waals surface area (Å²) in [5.74, 6) is 1.30. The first-order chi connectivity index (χ1) is 8.25. The Kier molecular flexibility index (Phi) is 7.38. The van der Waals surface area contributed by atoms with Gasteiger partial charge in [-0.15, -0.1) is 0 Å². The number of unbranched alkanes of at least 4 members (excludes halogenated alkanes) is 2. The summed E-state index contributed by atoms with van der Waals surface area (Å²) in [6.45, 7) is 6.55. The Morgan fingerprint density at radius 2 is 1.94 bits per heavy atom. The predicted octanol–water partition coefficient (Wildman–Crippen LogP) is 3.93. The number of rotatable bonds is 8. The number of aryl methyl sites for hydroxylation is 1. The van der Waals surface area contributed by atoms with Crippen molar-refractivity contribution in [3.05, 3.63) is 34.9 Å². The van der Waals surface area contributed by atoms with Crippen LogP contribution in [-0.4, -0.2) is 18.6 Å². The number of hydrogen-bond acceptors (Lipinski definition) is 2. The summed E-state index contributed by atoms with van der Waals surface area (Å²) in [5, 5.41) is 3.54. The van der Waals surface area contributed by atoms with Crippen LogP contribution in [-0.2, 0) is 6.54 Å². The molecule has 96 valence electrons. The van der Waals surface area contributed by atoms with E-state index in [1.807, 2.05) is 11.8 Å². The fourth-order valence-corrected chi connectivity index (χ4v) is 2.39. The molecule has 1 N–H and O–H groups in total. The Balaban J connectivity index is 2.16. The van der Waals surface area contributed by atoms with Crippen LogP contribution in [0.4, 0.5) is 0 Å². The minimum absolute atomic E-state index is 1.01. The fourth-order valence-electron chi connectivity index (χ4n) is 1.90. The van der Waals surface area contributed by atoms with Crippen LogP contribution in [0.25, 0.3) is 0 Å². The van der Waals surface area contributed by atoms with Gasteiger partial charge in [0, 0.05) is 6.54 Å². The molecule has 0 heterocycles. The van der Waals surface area contributed by atoms with E-state index >= 15 is 0 Å². The van der Waals surface area contributed by atoms with Crippen molar-refractivity contribution in [1.29, 1.82) is 0 Å². The lowest BCUT2D eigenvalue weighted by Gasteiger charge is -2.09. The molecule has 0 bridgehead atoms. The van der Waals surface area contributed by atoms with E-state index in [-0.39, 0.29) is 0 Å². The van der Waals surface area contributed by atoms with Crippen LogP contribution in [0, 0.1) is 13.8 Å². The molecule has 0 fully saturated rings. The second-order valence-electron chi connectivity index (χ2n) is 4.59. The van der Waals surface area contributed by atoms with Crippen molar-refractivity contribution in [1.82, 2.24) is 5.32 Å². The maximum atomic E-state index is 3.54. The maximum absolute atomic E-state index is 3.54. The highest BCUT2D eigenvalue weighted by atomic mass is 32.2. The van der Waals surface area contributed by atoms with Gasteiger partial charge in [0.2, 0.25) is 0 Å². The summed E-state index contributed by atoms with van der Waals surface area (Å²) >= 11 is 1.95. The smallest absolute Gasteiger partial charge is 0.0208 e. The molecule has 1 nitrogen and oxygen atoms in total. The topological polar surface area (TPSA) is 12.0 Å². The second-order valence-corrected chi connectivity index (χ2v) is 5.57. The number of nitrogens with one attached hydrogen (secondary N) is 1. The molecular formula is C15H25NS. The largest absolute Gasteiger partial charge is 0.313 e. The van der Waals surface area contributed by atoms with Crippen molar-refractivity contribution >= 4 is 11.8 Å². The van der Waals surface area contributed by atoms with E-state index in [9.17, 15) is 0 Å². The lowest BCUT2D eigenvalue weighted by atomic mass is 10.0. The maximum Gasteiger partial charge on any atom is 0.0208 e. The molecule has 0 atom stereocenters. The van der Waals surface area contributed by atoms with Gasteiger partial charge in [-0.25, -0.2) is 0 Å². The summed E-state index contributed by atoms with van der Waals surface area (Å²) in [4.78, 5) is 0. The third-order valence-corrected chi connectivity index (χ3v) is 3.93. The van der Waals surface area contributed by atoms with Crippen LogP contribution in [0.3, 0.4) is 0 Å². The second kappa shape index (κ2) is 8.60. The Labute approximate surface area is 110 Å². The minimum Gasteiger partial charge on any atom is -0.313 e. The van der Waals surface area contributed by atoms with Crippen LogP contribution >= 0.6 is 11.8 Å². The van der Waals surface area contributed by atoms with Gasteiger partial charge in [-0.05, 0) is 61.9 Å². The highest BCUT2D eigenvalue weighted by Crippen LogP contribution is 2.12. The zero-order valence-corrected chi connectivity index (χ0v) is 12.2. The fraction of sp³-hybridized carbons (Fsp3) is 0.600. The molecule has 1 aromatic carbocycles. The normalized spacial score (nSPS) is 10.8. The third kappa shape index (κ3) is 5.60. The van der Waals surface area contributed by atoms with Crippen molar-refractivity contribution in [2.45, 2.75) is 39.7 Å².